The number of aromatic nitrogens is 1. The molecule has 0 bridgehead atoms. The van der Waals surface area contributed by atoms with E-state index in [0.29, 0.717) is 42.8 Å². The van der Waals surface area contributed by atoms with Gasteiger partial charge in [0.25, 0.3) is 5.91 Å². The number of hydrogen-bond acceptors (Lipinski definition) is 8. The molecular weight excluding hydrogens is 428 g/mol. The summed E-state index contributed by atoms with van der Waals surface area (Å²) < 4.78 is 17.0. The number of anilines is 2. The van der Waals surface area contributed by atoms with Crippen molar-refractivity contribution in [2.45, 2.75) is 6.54 Å². The Morgan fingerprint density at radius 1 is 1.22 bits per heavy atom. The van der Waals surface area contributed by atoms with Crippen LogP contribution in [0.4, 0.5) is 10.8 Å². The summed E-state index contributed by atoms with van der Waals surface area (Å²) in [7, 11) is 3.31. The molecule has 8 nitrogen and oxygen atoms in total. The molecule has 1 aliphatic rings. The Bertz CT molecular complexity index is 1070. The van der Waals surface area contributed by atoms with Gasteiger partial charge in [0.2, 0.25) is 0 Å². The van der Waals surface area contributed by atoms with E-state index < -0.39 is 0 Å². The summed E-state index contributed by atoms with van der Waals surface area (Å²) in [6.45, 7) is 5.13. The summed E-state index contributed by atoms with van der Waals surface area (Å²) in [5.74, 6) is 0.507. The van der Waals surface area contributed by atoms with Gasteiger partial charge in [-0.25, -0.2) is 4.98 Å². The number of hydrogen-bond donors (Lipinski definition) is 2. The zero-order valence-electron chi connectivity index (χ0n) is 18.3. The van der Waals surface area contributed by atoms with E-state index in [9.17, 15) is 4.79 Å². The molecule has 2 N–H and O–H groups in total. The van der Waals surface area contributed by atoms with Crippen LogP contribution in [0.25, 0.3) is 10.2 Å². The number of nitrogens with one attached hydrogen (secondary N) is 2. The zero-order valence-corrected chi connectivity index (χ0v) is 19.2. The Labute approximate surface area is 191 Å². The third-order valence-corrected chi connectivity index (χ3v) is 6.27. The number of benzene rings is 2. The van der Waals surface area contributed by atoms with Crippen molar-refractivity contribution in [1.82, 2.24) is 10.3 Å². The van der Waals surface area contributed by atoms with Gasteiger partial charge >= 0.3 is 0 Å². The Morgan fingerprint density at radius 3 is 2.84 bits per heavy atom. The van der Waals surface area contributed by atoms with Gasteiger partial charge in [-0.05, 0) is 29.8 Å². The maximum atomic E-state index is 12.9. The minimum Gasteiger partial charge on any atom is -0.494 e. The summed E-state index contributed by atoms with van der Waals surface area (Å²) in [6, 6.07) is 11.6. The van der Waals surface area contributed by atoms with Gasteiger partial charge in [-0.3, -0.25) is 10.1 Å². The SMILES string of the molecule is COCCNCc1cccc(C(=O)Nc2nc3c(OC)ccc(N4CCOCC4)c3s2)c1. The van der Waals surface area contributed by atoms with Crippen molar-refractivity contribution in [3.8, 4) is 5.75 Å². The van der Waals surface area contributed by atoms with E-state index >= 15 is 0 Å². The quantitative estimate of drug-likeness (QED) is 0.479. The van der Waals surface area contributed by atoms with Crippen LogP contribution in [0.2, 0.25) is 0 Å². The standard InChI is InChI=1S/C23H28N4O4S/c1-29-11-8-24-15-16-4-3-5-17(14-16)22(28)26-23-25-20-19(30-2)7-6-18(21(20)32-23)27-9-12-31-13-10-27/h3-7,14,24H,8-13,15H2,1-2H3,(H,25,26,28). The molecule has 9 heteroatoms. The minimum atomic E-state index is -0.185. The first-order valence-corrected chi connectivity index (χ1v) is 11.4. The fraction of sp³-hybridized carbons (Fsp3) is 0.391. The number of amides is 1. The van der Waals surface area contributed by atoms with Crippen LogP contribution in [0.1, 0.15) is 15.9 Å². The highest BCUT2D eigenvalue weighted by molar-refractivity contribution is 7.23. The summed E-state index contributed by atoms with van der Waals surface area (Å²) in [4.78, 5) is 19.9. The number of carbonyl (C=O) groups is 1. The fourth-order valence-corrected chi connectivity index (χ4v) is 4.66. The van der Waals surface area contributed by atoms with Crippen molar-refractivity contribution in [3.63, 3.8) is 0 Å². The van der Waals surface area contributed by atoms with Crippen LogP contribution >= 0.6 is 11.3 Å². The van der Waals surface area contributed by atoms with Gasteiger partial charge in [0, 0.05) is 38.9 Å². The molecule has 1 aromatic heterocycles. The Balaban J connectivity index is 1.53. The third-order valence-electron chi connectivity index (χ3n) is 5.28. The Kier molecular flexibility index (Phi) is 7.54. The van der Waals surface area contributed by atoms with E-state index in [1.54, 1.807) is 20.3 Å². The molecule has 32 heavy (non-hydrogen) atoms. The van der Waals surface area contributed by atoms with Crippen molar-refractivity contribution >= 4 is 38.3 Å². The van der Waals surface area contributed by atoms with Crippen LogP contribution in [0.15, 0.2) is 36.4 Å². The van der Waals surface area contributed by atoms with Crippen LogP contribution < -0.4 is 20.3 Å². The van der Waals surface area contributed by atoms with Gasteiger partial charge < -0.3 is 24.4 Å². The summed E-state index contributed by atoms with van der Waals surface area (Å²) in [5, 5.41) is 6.80. The molecule has 3 aromatic rings. The number of morpholine rings is 1. The van der Waals surface area contributed by atoms with Crippen LogP contribution in [0, 0.1) is 0 Å². The molecule has 1 fully saturated rings. The largest absolute Gasteiger partial charge is 0.494 e. The first-order chi connectivity index (χ1) is 15.7. The lowest BCUT2D eigenvalue weighted by molar-refractivity contribution is 0.102. The molecule has 2 heterocycles. The molecule has 0 aliphatic carbocycles. The van der Waals surface area contributed by atoms with E-state index in [0.717, 1.165) is 41.1 Å². The van der Waals surface area contributed by atoms with Crippen molar-refractivity contribution in [1.29, 1.82) is 0 Å². The van der Waals surface area contributed by atoms with Crippen molar-refractivity contribution in [3.05, 3.63) is 47.5 Å². The molecule has 1 amide bonds. The average Bonchev–Trinajstić information content (AvgIpc) is 3.25. The molecule has 170 valence electrons. The first-order valence-electron chi connectivity index (χ1n) is 10.6. The number of rotatable bonds is 9. The number of methoxy groups -OCH3 is 2. The molecule has 2 aromatic carbocycles. The zero-order chi connectivity index (χ0) is 22.3. The summed E-state index contributed by atoms with van der Waals surface area (Å²) in [6.07, 6.45) is 0. The van der Waals surface area contributed by atoms with Crippen molar-refractivity contribution < 1.29 is 19.0 Å². The van der Waals surface area contributed by atoms with Gasteiger partial charge in [0.15, 0.2) is 5.13 Å². The van der Waals surface area contributed by atoms with Crippen molar-refractivity contribution in [2.75, 3.05) is 63.9 Å². The molecule has 0 unspecified atom stereocenters. The van der Waals surface area contributed by atoms with Gasteiger partial charge in [0.1, 0.15) is 11.3 Å². The minimum absolute atomic E-state index is 0.185. The number of fused-ring (bicyclic) bond motifs is 1. The Morgan fingerprint density at radius 2 is 2.06 bits per heavy atom. The van der Waals surface area contributed by atoms with Crippen LogP contribution in [-0.4, -0.2) is 64.6 Å². The highest BCUT2D eigenvalue weighted by atomic mass is 32.1. The van der Waals surface area contributed by atoms with Crippen molar-refractivity contribution in [2.24, 2.45) is 0 Å². The molecular formula is C23H28N4O4S. The molecule has 1 saturated heterocycles. The van der Waals surface area contributed by atoms with Gasteiger partial charge in [-0.15, -0.1) is 0 Å². The number of ether oxygens (including phenoxy) is 3. The monoisotopic (exact) mass is 456 g/mol. The van der Waals surface area contributed by atoms with Crippen LogP contribution in [0.3, 0.4) is 0 Å². The smallest absolute Gasteiger partial charge is 0.257 e. The summed E-state index contributed by atoms with van der Waals surface area (Å²) in [5.41, 5.74) is 3.48. The van der Waals surface area contributed by atoms with Gasteiger partial charge in [-0.1, -0.05) is 23.5 Å². The van der Waals surface area contributed by atoms with Gasteiger partial charge in [-0.2, -0.15) is 0 Å². The lowest BCUT2D eigenvalue weighted by Gasteiger charge is -2.29. The molecule has 0 atom stereocenters. The lowest BCUT2D eigenvalue weighted by Crippen LogP contribution is -2.36. The second kappa shape index (κ2) is 10.7. The second-order valence-electron chi connectivity index (χ2n) is 7.41. The maximum Gasteiger partial charge on any atom is 0.257 e. The van der Waals surface area contributed by atoms with E-state index in [1.807, 2.05) is 24.3 Å². The van der Waals surface area contributed by atoms with E-state index in [2.05, 4.69) is 26.6 Å². The molecule has 1 aliphatic heterocycles. The Hall–Kier alpha value is -2.72. The van der Waals surface area contributed by atoms with E-state index in [-0.39, 0.29) is 5.91 Å². The first kappa shape index (κ1) is 22.5. The lowest BCUT2D eigenvalue weighted by atomic mass is 10.1. The summed E-state index contributed by atoms with van der Waals surface area (Å²) >= 11 is 1.46. The average molecular weight is 457 g/mol. The number of nitrogens with zero attached hydrogens (tertiary/aromatic N) is 2. The molecule has 0 radical (unpaired) electrons. The highest BCUT2D eigenvalue weighted by Crippen LogP contribution is 2.39. The normalized spacial score (nSPS) is 14.0. The maximum absolute atomic E-state index is 12.9. The predicted molar refractivity (Wildman–Crippen MR) is 127 cm³/mol. The molecule has 4 rings (SSSR count). The van der Waals surface area contributed by atoms with E-state index in [1.165, 1.54) is 11.3 Å². The topological polar surface area (TPSA) is 85.0 Å². The predicted octanol–water partition coefficient (Wildman–Crippen LogP) is 3.13. The molecule has 0 spiro atoms. The number of carbonyl (C=O) groups excluding carboxylic acids is 1. The second-order valence-corrected chi connectivity index (χ2v) is 8.41. The molecule has 0 saturated carbocycles. The van der Waals surface area contributed by atoms with Crippen LogP contribution in [0.5, 0.6) is 5.75 Å². The number of thiazole rings is 1. The fourth-order valence-electron chi connectivity index (χ4n) is 3.64. The highest BCUT2D eigenvalue weighted by Gasteiger charge is 2.20. The van der Waals surface area contributed by atoms with E-state index in [4.69, 9.17) is 14.2 Å². The van der Waals surface area contributed by atoms with Crippen LogP contribution in [-0.2, 0) is 16.0 Å². The third kappa shape index (κ3) is 5.18. The van der Waals surface area contributed by atoms with Gasteiger partial charge in [0.05, 0.1) is 37.3 Å².